The van der Waals surface area contributed by atoms with Crippen molar-refractivity contribution in [1.82, 2.24) is 10.6 Å². The van der Waals surface area contributed by atoms with E-state index < -0.39 is 0 Å². The van der Waals surface area contributed by atoms with Crippen LogP contribution in [0.25, 0.3) is 0 Å². The summed E-state index contributed by atoms with van der Waals surface area (Å²) >= 11 is 0. The molecule has 0 aromatic rings. The van der Waals surface area contributed by atoms with Crippen molar-refractivity contribution in [2.75, 3.05) is 13.2 Å². The van der Waals surface area contributed by atoms with E-state index in [1.54, 1.807) is 0 Å². The van der Waals surface area contributed by atoms with Crippen LogP contribution in [0.3, 0.4) is 0 Å². The van der Waals surface area contributed by atoms with Gasteiger partial charge < -0.3 is 15.7 Å². The zero-order valence-electron chi connectivity index (χ0n) is 11.4. The van der Waals surface area contributed by atoms with Crippen LogP contribution in [0.4, 0.5) is 4.79 Å². The van der Waals surface area contributed by atoms with Gasteiger partial charge >= 0.3 is 6.03 Å². The highest BCUT2D eigenvalue weighted by molar-refractivity contribution is 5.74. The minimum atomic E-state index is -0.0588. The van der Waals surface area contributed by atoms with Crippen LogP contribution in [0, 0.1) is 11.3 Å². The van der Waals surface area contributed by atoms with Crippen LogP contribution < -0.4 is 10.6 Å². The summed E-state index contributed by atoms with van der Waals surface area (Å²) in [6, 6.07) is 0.282. The molecule has 2 unspecified atom stereocenters. The third kappa shape index (κ3) is 3.61. The maximum absolute atomic E-state index is 11.8. The average Bonchev–Trinajstić information content (AvgIpc) is 3.17. The molecule has 2 aliphatic carbocycles. The number of aliphatic hydroxyl groups excluding tert-OH is 1. The molecule has 2 saturated carbocycles. The number of nitrogens with one attached hydrogen (secondary N) is 2. The molecule has 18 heavy (non-hydrogen) atoms. The SMILES string of the molecule is CCC1CCCC(NC(=O)NCC2(CO)CC2)C1. The van der Waals surface area contributed by atoms with E-state index in [0.29, 0.717) is 12.6 Å². The topological polar surface area (TPSA) is 61.4 Å². The van der Waals surface area contributed by atoms with E-state index in [9.17, 15) is 9.90 Å². The lowest BCUT2D eigenvalue weighted by molar-refractivity contribution is 0.199. The van der Waals surface area contributed by atoms with Crippen molar-refractivity contribution in [3.05, 3.63) is 0 Å². The lowest BCUT2D eigenvalue weighted by Gasteiger charge is -2.29. The number of urea groups is 1. The van der Waals surface area contributed by atoms with Gasteiger partial charge in [0, 0.05) is 18.0 Å². The molecule has 0 aliphatic heterocycles. The first-order chi connectivity index (χ1) is 8.67. The van der Waals surface area contributed by atoms with Gasteiger partial charge in [0.05, 0.1) is 6.61 Å². The summed E-state index contributed by atoms with van der Waals surface area (Å²) in [6.45, 7) is 3.03. The molecule has 0 heterocycles. The van der Waals surface area contributed by atoms with Crippen molar-refractivity contribution in [3.63, 3.8) is 0 Å². The Morgan fingerprint density at radius 1 is 1.39 bits per heavy atom. The lowest BCUT2D eigenvalue weighted by atomic mass is 9.84. The molecule has 2 amide bonds. The zero-order chi connectivity index (χ0) is 13.0. The van der Waals surface area contributed by atoms with E-state index in [-0.39, 0.29) is 18.1 Å². The van der Waals surface area contributed by atoms with Crippen LogP contribution >= 0.6 is 0 Å². The molecule has 2 fully saturated rings. The molecule has 0 saturated heterocycles. The highest BCUT2D eigenvalue weighted by Crippen LogP contribution is 2.44. The molecule has 4 heteroatoms. The first-order valence-electron chi connectivity index (χ1n) is 7.33. The van der Waals surface area contributed by atoms with Gasteiger partial charge in [-0.05, 0) is 31.6 Å². The predicted octanol–water partition coefficient (Wildman–Crippen LogP) is 2.03. The molecule has 0 aromatic heterocycles. The molecule has 2 aliphatic rings. The molecular formula is C14H26N2O2. The number of carbonyl (C=O) groups excluding carboxylic acids is 1. The van der Waals surface area contributed by atoms with Gasteiger partial charge in [-0.2, -0.15) is 0 Å². The first-order valence-corrected chi connectivity index (χ1v) is 7.33. The van der Waals surface area contributed by atoms with Gasteiger partial charge in [-0.3, -0.25) is 0 Å². The second-order valence-electron chi connectivity index (χ2n) is 6.12. The minimum absolute atomic E-state index is 0.00411. The zero-order valence-corrected chi connectivity index (χ0v) is 11.4. The van der Waals surface area contributed by atoms with E-state index >= 15 is 0 Å². The largest absolute Gasteiger partial charge is 0.396 e. The quantitative estimate of drug-likeness (QED) is 0.703. The van der Waals surface area contributed by atoms with E-state index in [4.69, 9.17) is 0 Å². The number of hydrogen-bond acceptors (Lipinski definition) is 2. The van der Waals surface area contributed by atoms with Crippen LogP contribution in [0.1, 0.15) is 51.9 Å². The molecule has 0 aromatic carbocycles. The summed E-state index contributed by atoms with van der Waals surface area (Å²) in [6.07, 6.45) is 8.04. The highest BCUT2D eigenvalue weighted by atomic mass is 16.3. The predicted molar refractivity (Wildman–Crippen MR) is 71.3 cm³/mol. The molecule has 0 spiro atoms. The Bertz CT molecular complexity index is 290. The van der Waals surface area contributed by atoms with E-state index in [0.717, 1.165) is 31.6 Å². The smallest absolute Gasteiger partial charge is 0.315 e. The normalized spacial score (nSPS) is 29.7. The average molecular weight is 254 g/mol. The summed E-state index contributed by atoms with van der Waals surface area (Å²) in [5.74, 6) is 0.774. The summed E-state index contributed by atoms with van der Waals surface area (Å²) in [4.78, 5) is 11.8. The van der Waals surface area contributed by atoms with Gasteiger partial charge in [0.15, 0.2) is 0 Å². The van der Waals surface area contributed by atoms with Crippen LogP contribution in [0.15, 0.2) is 0 Å². The van der Waals surface area contributed by atoms with Gasteiger partial charge in [-0.1, -0.05) is 26.2 Å². The first kappa shape index (κ1) is 13.7. The minimum Gasteiger partial charge on any atom is -0.396 e. The molecule has 0 bridgehead atoms. The fraction of sp³-hybridized carbons (Fsp3) is 0.929. The third-order valence-electron chi connectivity index (χ3n) is 4.61. The summed E-state index contributed by atoms with van der Waals surface area (Å²) < 4.78 is 0. The Morgan fingerprint density at radius 3 is 2.78 bits per heavy atom. The Balaban J connectivity index is 1.67. The molecule has 4 nitrogen and oxygen atoms in total. The molecule has 0 radical (unpaired) electrons. The fourth-order valence-corrected chi connectivity index (χ4v) is 2.86. The summed E-state index contributed by atoms with van der Waals surface area (Å²) in [5, 5.41) is 15.2. The number of hydrogen-bond donors (Lipinski definition) is 3. The molecule has 3 N–H and O–H groups in total. The van der Waals surface area contributed by atoms with Gasteiger partial charge in [-0.25, -0.2) is 4.79 Å². The van der Waals surface area contributed by atoms with Crippen molar-refractivity contribution in [1.29, 1.82) is 0 Å². The van der Waals surface area contributed by atoms with Crippen LogP contribution in [0.2, 0.25) is 0 Å². The standard InChI is InChI=1S/C14H26N2O2/c1-2-11-4-3-5-12(8-11)16-13(18)15-9-14(10-17)6-7-14/h11-12,17H,2-10H2,1H3,(H2,15,16,18). The van der Waals surface area contributed by atoms with Crippen molar-refractivity contribution >= 4 is 6.03 Å². The summed E-state index contributed by atoms with van der Waals surface area (Å²) in [7, 11) is 0. The Kier molecular flexibility index (Phi) is 4.49. The number of amides is 2. The van der Waals surface area contributed by atoms with Crippen molar-refractivity contribution in [2.45, 2.75) is 57.9 Å². The Morgan fingerprint density at radius 2 is 2.17 bits per heavy atom. The highest BCUT2D eigenvalue weighted by Gasteiger charge is 2.42. The van der Waals surface area contributed by atoms with Crippen LogP contribution in [0.5, 0.6) is 0 Å². The monoisotopic (exact) mass is 254 g/mol. The molecular weight excluding hydrogens is 228 g/mol. The molecule has 2 rings (SSSR count). The van der Waals surface area contributed by atoms with Crippen LogP contribution in [-0.2, 0) is 0 Å². The number of aliphatic hydroxyl groups is 1. The third-order valence-corrected chi connectivity index (χ3v) is 4.61. The second kappa shape index (κ2) is 5.91. The van der Waals surface area contributed by atoms with Gasteiger partial charge in [0.1, 0.15) is 0 Å². The van der Waals surface area contributed by atoms with E-state index in [2.05, 4.69) is 17.6 Å². The lowest BCUT2D eigenvalue weighted by Crippen LogP contribution is -2.45. The van der Waals surface area contributed by atoms with Gasteiger partial charge in [-0.15, -0.1) is 0 Å². The second-order valence-corrected chi connectivity index (χ2v) is 6.12. The van der Waals surface area contributed by atoms with Gasteiger partial charge in [0.25, 0.3) is 0 Å². The Hall–Kier alpha value is -0.770. The van der Waals surface area contributed by atoms with Crippen LogP contribution in [-0.4, -0.2) is 30.3 Å². The maximum atomic E-state index is 11.8. The van der Waals surface area contributed by atoms with Crippen molar-refractivity contribution in [3.8, 4) is 0 Å². The van der Waals surface area contributed by atoms with Gasteiger partial charge in [0.2, 0.25) is 0 Å². The van der Waals surface area contributed by atoms with Crippen molar-refractivity contribution in [2.24, 2.45) is 11.3 Å². The maximum Gasteiger partial charge on any atom is 0.315 e. The van der Waals surface area contributed by atoms with Crippen molar-refractivity contribution < 1.29 is 9.90 Å². The fourth-order valence-electron chi connectivity index (χ4n) is 2.86. The molecule has 104 valence electrons. The van der Waals surface area contributed by atoms with E-state index in [1.165, 1.54) is 19.3 Å². The van der Waals surface area contributed by atoms with E-state index in [1.807, 2.05) is 0 Å². The molecule has 2 atom stereocenters. The number of carbonyl (C=O) groups is 1. The summed E-state index contributed by atoms with van der Waals surface area (Å²) in [5.41, 5.74) is -0.00411. The number of rotatable bonds is 5. The Labute approximate surface area is 110 Å².